The molecule has 0 aromatic heterocycles. The Morgan fingerprint density at radius 3 is 1.81 bits per heavy atom. The number of hydrogen-bond acceptors (Lipinski definition) is 4. The first-order valence-corrected chi connectivity index (χ1v) is 9.77. The molecule has 0 spiro atoms. The molecule has 6 heteroatoms. The number of rotatable bonds is 6. The first-order valence-electron chi connectivity index (χ1n) is 9.77. The number of benzene rings is 3. The first kappa shape index (κ1) is 25.3. The van der Waals surface area contributed by atoms with Gasteiger partial charge in [0.1, 0.15) is 6.29 Å². The highest BCUT2D eigenvalue weighted by molar-refractivity contribution is 5.89. The van der Waals surface area contributed by atoms with Crippen molar-refractivity contribution in [2.75, 3.05) is 11.9 Å². The van der Waals surface area contributed by atoms with Crippen LogP contribution in [0.2, 0.25) is 0 Å². The second kappa shape index (κ2) is 15.1. The normalized spacial score (nSPS) is 9.23. The molecule has 0 aliphatic carbocycles. The van der Waals surface area contributed by atoms with Crippen molar-refractivity contribution in [2.45, 2.75) is 19.8 Å². The van der Waals surface area contributed by atoms with E-state index in [-0.39, 0.29) is 12.3 Å². The highest BCUT2D eigenvalue weighted by atomic mass is 16.4. The number of carboxylic acids is 1. The van der Waals surface area contributed by atoms with Crippen molar-refractivity contribution >= 4 is 23.9 Å². The Labute approximate surface area is 182 Å². The second-order valence-electron chi connectivity index (χ2n) is 6.50. The van der Waals surface area contributed by atoms with Gasteiger partial charge in [0, 0.05) is 18.2 Å². The first-order chi connectivity index (χ1) is 14.9. The van der Waals surface area contributed by atoms with Gasteiger partial charge in [-0.1, -0.05) is 60.7 Å². The van der Waals surface area contributed by atoms with Crippen molar-refractivity contribution in [3.8, 4) is 0 Å². The molecular formula is C25H28N2O4. The predicted molar refractivity (Wildman–Crippen MR) is 123 cm³/mol. The van der Waals surface area contributed by atoms with E-state index < -0.39 is 5.97 Å². The fourth-order valence-corrected chi connectivity index (χ4v) is 2.43. The van der Waals surface area contributed by atoms with Gasteiger partial charge in [-0.15, -0.1) is 0 Å². The molecule has 31 heavy (non-hydrogen) atoms. The predicted octanol–water partition coefficient (Wildman–Crippen LogP) is 3.96. The van der Waals surface area contributed by atoms with Gasteiger partial charge in [0.25, 0.3) is 0 Å². The maximum Gasteiger partial charge on any atom is 0.307 e. The fraction of sp³-hybridized carbons (Fsp3) is 0.160. The molecule has 0 saturated heterocycles. The molecule has 1 amide bonds. The van der Waals surface area contributed by atoms with E-state index in [1.165, 1.54) is 12.5 Å². The van der Waals surface area contributed by atoms with Crippen LogP contribution in [0.4, 0.5) is 5.69 Å². The molecule has 0 atom stereocenters. The number of carboxylic acid groups (broad SMARTS) is 1. The number of aldehydes is 1. The van der Waals surface area contributed by atoms with Crippen molar-refractivity contribution < 1.29 is 19.5 Å². The van der Waals surface area contributed by atoms with E-state index in [1.54, 1.807) is 36.4 Å². The molecule has 0 heterocycles. The average Bonchev–Trinajstić information content (AvgIpc) is 2.76. The molecule has 0 saturated carbocycles. The summed E-state index contributed by atoms with van der Waals surface area (Å²) in [7, 11) is 0. The Morgan fingerprint density at radius 2 is 1.39 bits per heavy atom. The number of amides is 1. The van der Waals surface area contributed by atoms with E-state index in [4.69, 9.17) is 10.8 Å². The minimum Gasteiger partial charge on any atom is -0.481 e. The molecule has 0 unspecified atom stereocenters. The van der Waals surface area contributed by atoms with Crippen LogP contribution in [0.1, 0.15) is 28.4 Å². The zero-order valence-electron chi connectivity index (χ0n) is 17.5. The zero-order chi connectivity index (χ0) is 22.9. The van der Waals surface area contributed by atoms with Gasteiger partial charge in [-0.05, 0) is 48.4 Å². The summed E-state index contributed by atoms with van der Waals surface area (Å²) in [5, 5.41) is 11.0. The Balaban J connectivity index is 0.000000235. The highest BCUT2D eigenvalue weighted by Crippen LogP contribution is 2.07. The SMILES string of the molecule is CC(=O)Nc1ccc(C=O)cc1.NCCc1ccccc1.O=C(O)Cc1ccccc1. The lowest BCUT2D eigenvalue weighted by Gasteiger charge is -2.00. The van der Waals surface area contributed by atoms with Crippen molar-refractivity contribution in [1.29, 1.82) is 0 Å². The third-order valence-corrected chi connectivity index (χ3v) is 3.84. The molecule has 0 aliphatic heterocycles. The lowest BCUT2D eigenvalue weighted by molar-refractivity contribution is -0.136. The molecule has 3 aromatic rings. The Kier molecular flexibility index (Phi) is 12.3. The lowest BCUT2D eigenvalue weighted by Crippen LogP contribution is -2.05. The lowest BCUT2D eigenvalue weighted by atomic mass is 10.2. The summed E-state index contributed by atoms with van der Waals surface area (Å²) in [6.07, 6.45) is 1.86. The van der Waals surface area contributed by atoms with Crippen LogP contribution in [0, 0.1) is 0 Å². The summed E-state index contributed by atoms with van der Waals surface area (Å²) in [4.78, 5) is 31.0. The summed E-state index contributed by atoms with van der Waals surface area (Å²) in [5.74, 6) is -0.903. The van der Waals surface area contributed by atoms with E-state index in [0.717, 1.165) is 24.8 Å². The monoisotopic (exact) mass is 420 g/mol. The number of anilines is 1. The Bertz CT molecular complexity index is 911. The summed E-state index contributed by atoms with van der Waals surface area (Å²) in [6, 6.07) is 26.1. The number of carbonyl (C=O) groups excluding carboxylic acids is 2. The number of nitrogens with one attached hydrogen (secondary N) is 1. The van der Waals surface area contributed by atoms with Crippen molar-refractivity contribution in [3.63, 3.8) is 0 Å². The number of nitrogens with two attached hydrogens (primary N) is 1. The standard InChI is InChI=1S/C9H9NO2.C8H11N.C8H8O2/c1-7(12)10-9-4-2-8(6-11)3-5-9;9-7-6-8-4-2-1-3-5-8;9-8(10)6-7-4-2-1-3-5-7/h2-6H,1H3,(H,10,12);1-5H,6-7,9H2;1-5H,6H2,(H,9,10). The zero-order valence-corrected chi connectivity index (χ0v) is 17.5. The maximum atomic E-state index is 10.6. The Morgan fingerprint density at radius 1 is 0.871 bits per heavy atom. The van der Waals surface area contributed by atoms with Crippen LogP contribution in [-0.2, 0) is 22.4 Å². The number of carbonyl (C=O) groups is 3. The van der Waals surface area contributed by atoms with Gasteiger partial charge in [-0.25, -0.2) is 0 Å². The molecule has 0 aliphatic rings. The van der Waals surface area contributed by atoms with Gasteiger partial charge in [-0.3, -0.25) is 14.4 Å². The van der Waals surface area contributed by atoms with Gasteiger partial charge in [0.2, 0.25) is 5.91 Å². The molecule has 162 valence electrons. The molecule has 3 aromatic carbocycles. The molecule has 0 radical (unpaired) electrons. The van der Waals surface area contributed by atoms with Crippen molar-refractivity contribution in [2.24, 2.45) is 5.73 Å². The summed E-state index contributed by atoms with van der Waals surface area (Å²) in [5.41, 5.74) is 8.83. The second-order valence-corrected chi connectivity index (χ2v) is 6.50. The quantitative estimate of drug-likeness (QED) is 0.523. The molecule has 0 fully saturated rings. The van der Waals surface area contributed by atoms with Crippen LogP contribution in [-0.4, -0.2) is 29.8 Å². The van der Waals surface area contributed by atoms with Crippen LogP contribution >= 0.6 is 0 Å². The third kappa shape index (κ3) is 12.4. The Hall–Kier alpha value is -3.77. The molecule has 4 N–H and O–H groups in total. The van der Waals surface area contributed by atoms with E-state index in [1.807, 2.05) is 36.4 Å². The highest BCUT2D eigenvalue weighted by Gasteiger charge is 1.96. The molecular weight excluding hydrogens is 392 g/mol. The van der Waals surface area contributed by atoms with E-state index in [0.29, 0.717) is 11.3 Å². The van der Waals surface area contributed by atoms with Gasteiger partial charge < -0.3 is 16.2 Å². The smallest absolute Gasteiger partial charge is 0.307 e. The largest absolute Gasteiger partial charge is 0.481 e. The van der Waals surface area contributed by atoms with E-state index in [9.17, 15) is 14.4 Å². The van der Waals surface area contributed by atoms with Crippen LogP contribution in [0.5, 0.6) is 0 Å². The number of hydrogen-bond donors (Lipinski definition) is 3. The molecule has 3 rings (SSSR count). The molecule has 6 nitrogen and oxygen atoms in total. The number of aliphatic carboxylic acids is 1. The van der Waals surface area contributed by atoms with Crippen LogP contribution in [0.15, 0.2) is 84.9 Å². The van der Waals surface area contributed by atoms with E-state index >= 15 is 0 Å². The summed E-state index contributed by atoms with van der Waals surface area (Å²) in [6.45, 7) is 2.18. The van der Waals surface area contributed by atoms with Gasteiger partial charge in [0.15, 0.2) is 0 Å². The van der Waals surface area contributed by atoms with Gasteiger partial charge in [0.05, 0.1) is 6.42 Å². The minimum absolute atomic E-state index is 0.112. The third-order valence-electron chi connectivity index (χ3n) is 3.84. The average molecular weight is 421 g/mol. The summed E-state index contributed by atoms with van der Waals surface area (Å²) < 4.78 is 0. The van der Waals surface area contributed by atoms with Crippen LogP contribution in [0.25, 0.3) is 0 Å². The minimum atomic E-state index is -0.786. The van der Waals surface area contributed by atoms with E-state index in [2.05, 4.69) is 17.4 Å². The van der Waals surface area contributed by atoms with Gasteiger partial charge in [-0.2, -0.15) is 0 Å². The van der Waals surface area contributed by atoms with Crippen molar-refractivity contribution in [1.82, 2.24) is 0 Å². The van der Waals surface area contributed by atoms with Crippen LogP contribution in [0.3, 0.4) is 0 Å². The van der Waals surface area contributed by atoms with Crippen molar-refractivity contribution in [3.05, 3.63) is 102 Å². The summed E-state index contributed by atoms with van der Waals surface area (Å²) >= 11 is 0. The molecule has 0 bridgehead atoms. The maximum absolute atomic E-state index is 10.6. The topological polar surface area (TPSA) is 109 Å². The van der Waals surface area contributed by atoms with Gasteiger partial charge >= 0.3 is 5.97 Å². The fourth-order valence-electron chi connectivity index (χ4n) is 2.43. The van der Waals surface area contributed by atoms with Crippen LogP contribution < -0.4 is 11.1 Å².